The molecule has 1 aliphatic heterocycles. The highest BCUT2D eigenvalue weighted by molar-refractivity contribution is 9.11. The molecular formula is C11H14BrN3O2S. The van der Waals surface area contributed by atoms with E-state index in [1.165, 1.54) is 4.90 Å². The van der Waals surface area contributed by atoms with Crippen LogP contribution in [0.15, 0.2) is 15.9 Å². The van der Waals surface area contributed by atoms with Gasteiger partial charge in [-0.25, -0.2) is 4.79 Å². The van der Waals surface area contributed by atoms with Gasteiger partial charge in [-0.05, 0) is 35.0 Å². The van der Waals surface area contributed by atoms with Crippen LogP contribution in [-0.4, -0.2) is 41.5 Å². The highest BCUT2D eigenvalue weighted by Crippen LogP contribution is 2.21. The number of thiophene rings is 1. The smallest absolute Gasteiger partial charge is 0.319 e. The van der Waals surface area contributed by atoms with Gasteiger partial charge < -0.3 is 10.2 Å². The Morgan fingerprint density at radius 2 is 2.33 bits per heavy atom. The molecule has 0 atom stereocenters. The van der Waals surface area contributed by atoms with Crippen LogP contribution < -0.4 is 5.32 Å². The van der Waals surface area contributed by atoms with E-state index < -0.39 is 0 Å². The van der Waals surface area contributed by atoms with Crippen LogP contribution in [0.1, 0.15) is 11.8 Å². The molecule has 1 N–H and O–H groups in total. The topological polar surface area (TPSA) is 52.6 Å². The summed E-state index contributed by atoms with van der Waals surface area (Å²) >= 11 is 4.96. The van der Waals surface area contributed by atoms with Crippen LogP contribution in [0.5, 0.6) is 0 Å². The maximum Gasteiger partial charge on any atom is 0.319 e. The zero-order valence-electron chi connectivity index (χ0n) is 9.98. The standard InChI is InChI=1S/C11H14BrN3O2S/c1-2-14-7-15(6-10(14)16)11(17)13-5-8-3-4-9(12)18-8/h3-4H,2,5-7H2,1H3,(H,13,17). The summed E-state index contributed by atoms with van der Waals surface area (Å²) in [7, 11) is 0. The molecule has 3 amide bonds. The molecule has 0 aliphatic carbocycles. The zero-order valence-corrected chi connectivity index (χ0v) is 12.4. The summed E-state index contributed by atoms with van der Waals surface area (Å²) < 4.78 is 1.04. The molecule has 5 nitrogen and oxygen atoms in total. The second kappa shape index (κ2) is 5.71. The fourth-order valence-corrected chi connectivity index (χ4v) is 3.15. The van der Waals surface area contributed by atoms with Crippen molar-refractivity contribution < 1.29 is 9.59 Å². The summed E-state index contributed by atoms with van der Waals surface area (Å²) in [5.74, 6) is 0.00604. The third kappa shape index (κ3) is 3.02. The molecule has 18 heavy (non-hydrogen) atoms. The lowest BCUT2D eigenvalue weighted by atomic mass is 10.4. The average Bonchev–Trinajstić information content (AvgIpc) is 2.92. The van der Waals surface area contributed by atoms with Crippen LogP contribution >= 0.6 is 27.3 Å². The molecule has 7 heteroatoms. The number of carbonyl (C=O) groups excluding carboxylic acids is 2. The molecule has 1 aromatic rings. The number of likely N-dealkylation sites (N-methyl/N-ethyl adjacent to an activating group) is 1. The van der Waals surface area contributed by atoms with Crippen LogP contribution in [0.4, 0.5) is 4.79 Å². The van der Waals surface area contributed by atoms with Crippen LogP contribution in [0.3, 0.4) is 0 Å². The van der Waals surface area contributed by atoms with Gasteiger partial charge in [-0.3, -0.25) is 9.69 Å². The first kappa shape index (κ1) is 13.4. The summed E-state index contributed by atoms with van der Waals surface area (Å²) in [6.45, 7) is 3.60. The Bertz CT molecular complexity index is 463. The molecule has 1 saturated heterocycles. The van der Waals surface area contributed by atoms with Gasteiger partial charge in [-0.2, -0.15) is 0 Å². The van der Waals surface area contributed by atoms with Crippen molar-refractivity contribution in [3.8, 4) is 0 Å². The number of nitrogens with zero attached hydrogens (tertiary/aromatic N) is 2. The largest absolute Gasteiger partial charge is 0.333 e. The number of halogens is 1. The number of carbonyl (C=O) groups is 2. The second-order valence-electron chi connectivity index (χ2n) is 3.95. The SMILES string of the molecule is CCN1CN(C(=O)NCc2ccc(Br)s2)CC1=O. The Balaban J connectivity index is 1.84. The van der Waals surface area contributed by atoms with Gasteiger partial charge in [0.2, 0.25) is 5.91 Å². The molecule has 0 aromatic carbocycles. The van der Waals surface area contributed by atoms with E-state index >= 15 is 0 Å². The quantitative estimate of drug-likeness (QED) is 0.918. The average molecular weight is 332 g/mol. The summed E-state index contributed by atoms with van der Waals surface area (Å²) in [4.78, 5) is 27.6. The first-order chi connectivity index (χ1) is 8.60. The van der Waals surface area contributed by atoms with Gasteiger partial charge >= 0.3 is 6.03 Å². The van der Waals surface area contributed by atoms with Crippen molar-refractivity contribution in [2.45, 2.75) is 13.5 Å². The van der Waals surface area contributed by atoms with Crippen molar-refractivity contribution in [3.63, 3.8) is 0 Å². The van der Waals surface area contributed by atoms with E-state index in [1.54, 1.807) is 16.2 Å². The molecule has 2 rings (SSSR count). The third-order valence-corrected chi connectivity index (χ3v) is 4.36. The van der Waals surface area contributed by atoms with Crippen LogP contribution in [0.25, 0.3) is 0 Å². The molecule has 0 bridgehead atoms. The lowest BCUT2D eigenvalue weighted by molar-refractivity contribution is -0.126. The van der Waals surface area contributed by atoms with E-state index in [2.05, 4.69) is 21.2 Å². The molecule has 1 aromatic heterocycles. The predicted molar refractivity (Wildman–Crippen MR) is 73.2 cm³/mol. The van der Waals surface area contributed by atoms with E-state index in [1.807, 2.05) is 19.1 Å². The first-order valence-corrected chi connectivity index (χ1v) is 7.26. The van der Waals surface area contributed by atoms with E-state index in [0.717, 1.165) is 8.66 Å². The monoisotopic (exact) mass is 331 g/mol. The van der Waals surface area contributed by atoms with Crippen LogP contribution in [0.2, 0.25) is 0 Å². The van der Waals surface area contributed by atoms with Gasteiger partial charge in [0.15, 0.2) is 0 Å². The number of urea groups is 1. The lowest BCUT2D eigenvalue weighted by Gasteiger charge is -2.16. The molecule has 1 aliphatic rings. The fraction of sp³-hybridized carbons (Fsp3) is 0.455. The van der Waals surface area contributed by atoms with Crippen molar-refractivity contribution in [1.29, 1.82) is 0 Å². The minimum Gasteiger partial charge on any atom is -0.333 e. The Morgan fingerprint density at radius 1 is 1.56 bits per heavy atom. The minimum absolute atomic E-state index is 0.00604. The van der Waals surface area contributed by atoms with E-state index in [9.17, 15) is 9.59 Å². The van der Waals surface area contributed by atoms with Crippen LogP contribution in [0, 0.1) is 0 Å². The normalized spacial score (nSPS) is 15.3. The minimum atomic E-state index is -0.191. The highest BCUT2D eigenvalue weighted by atomic mass is 79.9. The molecule has 2 heterocycles. The Kier molecular flexibility index (Phi) is 4.23. The van der Waals surface area contributed by atoms with Gasteiger partial charge in [0.25, 0.3) is 0 Å². The molecular weight excluding hydrogens is 318 g/mol. The summed E-state index contributed by atoms with van der Waals surface area (Å²) in [6.07, 6.45) is 0. The number of rotatable bonds is 3. The number of hydrogen-bond acceptors (Lipinski definition) is 3. The maximum atomic E-state index is 11.9. The van der Waals surface area contributed by atoms with Crippen molar-refractivity contribution >= 4 is 39.2 Å². The number of nitrogens with one attached hydrogen (secondary N) is 1. The molecule has 98 valence electrons. The Hall–Kier alpha value is -1.08. The Morgan fingerprint density at radius 3 is 2.89 bits per heavy atom. The third-order valence-electron chi connectivity index (χ3n) is 2.73. The fourth-order valence-electron chi connectivity index (χ4n) is 1.73. The van der Waals surface area contributed by atoms with Gasteiger partial charge in [-0.15, -0.1) is 11.3 Å². The lowest BCUT2D eigenvalue weighted by Crippen LogP contribution is -2.39. The summed E-state index contributed by atoms with van der Waals surface area (Å²) in [6, 6.07) is 3.72. The number of hydrogen-bond donors (Lipinski definition) is 1. The second-order valence-corrected chi connectivity index (χ2v) is 6.50. The molecule has 0 saturated carbocycles. The predicted octanol–water partition coefficient (Wildman–Crippen LogP) is 1.84. The highest BCUT2D eigenvalue weighted by Gasteiger charge is 2.29. The van der Waals surface area contributed by atoms with Crippen molar-refractivity contribution in [1.82, 2.24) is 15.1 Å². The van der Waals surface area contributed by atoms with Crippen LogP contribution in [-0.2, 0) is 11.3 Å². The molecule has 0 radical (unpaired) electrons. The molecule has 1 fully saturated rings. The summed E-state index contributed by atoms with van der Waals surface area (Å²) in [5.41, 5.74) is 0. The van der Waals surface area contributed by atoms with Crippen molar-refractivity contribution in [3.05, 3.63) is 20.8 Å². The maximum absolute atomic E-state index is 11.9. The van der Waals surface area contributed by atoms with Crippen molar-refractivity contribution in [2.75, 3.05) is 19.8 Å². The van der Waals surface area contributed by atoms with E-state index in [4.69, 9.17) is 0 Å². The van der Waals surface area contributed by atoms with E-state index in [0.29, 0.717) is 19.8 Å². The van der Waals surface area contributed by atoms with Gasteiger partial charge in [-0.1, -0.05) is 0 Å². The van der Waals surface area contributed by atoms with Gasteiger partial charge in [0.1, 0.15) is 6.54 Å². The molecule has 0 spiro atoms. The molecule has 0 unspecified atom stereocenters. The Labute approximate surface area is 118 Å². The van der Waals surface area contributed by atoms with Gasteiger partial charge in [0.05, 0.1) is 17.0 Å². The summed E-state index contributed by atoms with van der Waals surface area (Å²) in [5, 5.41) is 2.82. The van der Waals surface area contributed by atoms with E-state index in [-0.39, 0.29) is 18.5 Å². The number of amides is 3. The van der Waals surface area contributed by atoms with Crippen molar-refractivity contribution in [2.24, 2.45) is 0 Å². The first-order valence-electron chi connectivity index (χ1n) is 5.65. The zero-order chi connectivity index (χ0) is 13.1. The van der Waals surface area contributed by atoms with Gasteiger partial charge in [0, 0.05) is 11.4 Å².